The molecule has 2 N–H and O–H groups in total. The number of furan rings is 1. The van der Waals surface area contributed by atoms with Gasteiger partial charge in [-0.3, -0.25) is 14.4 Å². The Balaban J connectivity index is 1.48. The Labute approximate surface area is 180 Å². The summed E-state index contributed by atoms with van der Waals surface area (Å²) in [5, 5.41) is 6.38. The average Bonchev–Trinajstić information content (AvgIpc) is 3.34. The van der Waals surface area contributed by atoms with Crippen molar-refractivity contribution in [3.8, 4) is 0 Å². The van der Waals surface area contributed by atoms with Gasteiger partial charge in [0.2, 0.25) is 11.8 Å². The standard InChI is InChI=1S/C23H26N4O4/c1-4-27-21(29)19-11-16-7-5-6-8-18(16)26(19)14-23(27,3)22(30)25-13-20(28)24-12-17-10-9-15(2)31-17/h5-11H,4,12-14H2,1-3H3,(H,24,28)(H,25,30). The van der Waals surface area contributed by atoms with E-state index in [9.17, 15) is 14.4 Å². The molecular formula is C23H26N4O4. The molecule has 0 saturated carbocycles. The Kier molecular flexibility index (Phi) is 5.31. The fourth-order valence-corrected chi connectivity index (χ4v) is 4.18. The van der Waals surface area contributed by atoms with Gasteiger partial charge < -0.3 is 24.5 Å². The van der Waals surface area contributed by atoms with Gasteiger partial charge in [0, 0.05) is 17.4 Å². The van der Waals surface area contributed by atoms with Crippen LogP contribution >= 0.6 is 0 Å². The molecule has 1 unspecified atom stereocenters. The molecule has 8 heteroatoms. The Bertz CT molecular complexity index is 1160. The molecule has 1 aromatic carbocycles. The van der Waals surface area contributed by atoms with Gasteiger partial charge in [-0.15, -0.1) is 0 Å². The van der Waals surface area contributed by atoms with Gasteiger partial charge in [-0.25, -0.2) is 0 Å². The van der Waals surface area contributed by atoms with E-state index in [0.29, 0.717) is 24.5 Å². The summed E-state index contributed by atoms with van der Waals surface area (Å²) in [6.45, 7) is 6.18. The smallest absolute Gasteiger partial charge is 0.271 e. The summed E-state index contributed by atoms with van der Waals surface area (Å²) in [6.07, 6.45) is 0. The molecule has 1 atom stereocenters. The van der Waals surface area contributed by atoms with Crippen LogP contribution in [0.1, 0.15) is 35.9 Å². The highest BCUT2D eigenvalue weighted by Crippen LogP contribution is 2.32. The minimum atomic E-state index is -1.11. The van der Waals surface area contributed by atoms with Crippen molar-refractivity contribution in [3.05, 3.63) is 59.7 Å². The van der Waals surface area contributed by atoms with E-state index in [1.807, 2.05) is 54.8 Å². The van der Waals surface area contributed by atoms with Crippen LogP contribution in [-0.4, -0.2) is 45.8 Å². The number of amides is 3. The average molecular weight is 422 g/mol. The molecule has 4 rings (SSSR count). The zero-order valence-electron chi connectivity index (χ0n) is 17.9. The quantitative estimate of drug-likeness (QED) is 0.637. The SMILES string of the molecule is CCN1C(=O)c2cc3ccccc3n2CC1(C)C(=O)NCC(=O)NCc1ccc(C)o1. The third-order valence-corrected chi connectivity index (χ3v) is 5.81. The maximum Gasteiger partial charge on any atom is 0.271 e. The molecule has 0 radical (unpaired) electrons. The van der Waals surface area contributed by atoms with Crippen LogP contribution in [0.3, 0.4) is 0 Å². The molecule has 1 aliphatic heterocycles. The zero-order valence-corrected chi connectivity index (χ0v) is 17.9. The molecule has 1 aliphatic rings. The second-order valence-electron chi connectivity index (χ2n) is 7.97. The van der Waals surface area contributed by atoms with Crippen LogP contribution in [0.2, 0.25) is 0 Å². The van der Waals surface area contributed by atoms with Crippen molar-refractivity contribution < 1.29 is 18.8 Å². The number of hydrogen-bond donors (Lipinski definition) is 2. The molecule has 0 spiro atoms. The number of carbonyl (C=O) groups is 3. The lowest BCUT2D eigenvalue weighted by molar-refractivity contribution is -0.134. The van der Waals surface area contributed by atoms with E-state index < -0.39 is 5.54 Å². The highest BCUT2D eigenvalue weighted by Gasteiger charge is 2.46. The molecule has 31 heavy (non-hydrogen) atoms. The number of aromatic nitrogens is 1. The highest BCUT2D eigenvalue weighted by atomic mass is 16.3. The summed E-state index contributed by atoms with van der Waals surface area (Å²) in [6, 6.07) is 13.2. The molecule has 2 aromatic heterocycles. The molecule has 3 amide bonds. The van der Waals surface area contributed by atoms with E-state index in [-0.39, 0.29) is 30.8 Å². The van der Waals surface area contributed by atoms with Crippen LogP contribution in [0.25, 0.3) is 10.9 Å². The number of nitrogens with zero attached hydrogens (tertiary/aromatic N) is 2. The molecule has 0 saturated heterocycles. The first-order valence-corrected chi connectivity index (χ1v) is 10.3. The normalized spacial score (nSPS) is 18.2. The Morgan fingerprint density at radius 1 is 1.16 bits per heavy atom. The number of likely N-dealkylation sites (N-methyl/N-ethyl adjacent to an activating group) is 1. The van der Waals surface area contributed by atoms with Crippen molar-refractivity contribution >= 4 is 28.6 Å². The fraction of sp³-hybridized carbons (Fsp3) is 0.348. The van der Waals surface area contributed by atoms with Crippen LogP contribution < -0.4 is 10.6 Å². The molecule has 8 nitrogen and oxygen atoms in total. The van der Waals surface area contributed by atoms with Gasteiger partial charge in [-0.05, 0) is 45.0 Å². The third kappa shape index (κ3) is 3.69. The van der Waals surface area contributed by atoms with Crippen molar-refractivity contribution in [2.75, 3.05) is 13.1 Å². The minimum Gasteiger partial charge on any atom is -0.465 e. The summed E-state index contributed by atoms with van der Waals surface area (Å²) >= 11 is 0. The summed E-state index contributed by atoms with van der Waals surface area (Å²) in [4.78, 5) is 40.1. The Morgan fingerprint density at radius 2 is 1.94 bits per heavy atom. The minimum absolute atomic E-state index is 0.181. The molecule has 0 aliphatic carbocycles. The van der Waals surface area contributed by atoms with E-state index in [1.165, 1.54) is 0 Å². The van der Waals surface area contributed by atoms with Crippen LogP contribution in [0.5, 0.6) is 0 Å². The molecule has 0 bridgehead atoms. The number of para-hydroxylation sites is 1. The lowest BCUT2D eigenvalue weighted by atomic mass is 9.95. The molecule has 3 heterocycles. The van der Waals surface area contributed by atoms with E-state index in [0.717, 1.165) is 16.7 Å². The van der Waals surface area contributed by atoms with Gasteiger partial charge in [0.15, 0.2) is 0 Å². The molecular weight excluding hydrogens is 396 g/mol. The molecule has 3 aromatic rings. The lowest BCUT2D eigenvalue weighted by Gasteiger charge is -2.43. The topological polar surface area (TPSA) is 96.6 Å². The van der Waals surface area contributed by atoms with Crippen LogP contribution in [0.15, 0.2) is 46.9 Å². The highest BCUT2D eigenvalue weighted by molar-refractivity contribution is 6.04. The maximum absolute atomic E-state index is 13.2. The van der Waals surface area contributed by atoms with Crippen LogP contribution in [0.4, 0.5) is 0 Å². The van der Waals surface area contributed by atoms with E-state index in [1.54, 1.807) is 17.9 Å². The maximum atomic E-state index is 13.2. The number of benzene rings is 1. The fourth-order valence-electron chi connectivity index (χ4n) is 4.18. The Morgan fingerprint density at radius 3 is 2.65 bits per heavy atom. The predicted molar refractivity (Wildman–Crippen MR) is 115 cm³/mol. The van der Waals surface area contributed by atoms with Crippen molar-refractivity contribution in [1.29, 1.82) is 0 Å². The number of rotatable bonds is 6. The van der Waals surface area contributed by atoms with E-state index in [4.69, 9.17) is 4.42 Å². The van der Waals surface area contributed by atoms with Gasteiger partial charge in [0.05, 0.1) is 19.6 Å². The van der Waals surface area contributed by atoms with E-state index >= 15 is 0 Å². The van der Waals surface area contributed by atoms with Gasteiger partial charge in [0.25, 0.3) is 5.91 Å². The van der Waals surface area contributed by atoms with Gasteiger partial charge in [-0.2, -0.15) is 0 Å². The van der Waals surface area contributed by atoms with Crippen molar-refractivity contribution in [1.82, 2.24) is 20.1 Å². The first-order chi connectivity index (χ1) is 14.8. The first kappa shape index (κ1) is 20.7. The number of hydrogen-bond acceptors (Lipinski definition) is 4. The van der Waals surface area contributed by atoms with Crippen LogP contribution in [-0.2, 0) is 22.7 Å². The van der Waals surface area contributed by atoms with Gasteiger partial charge >= 0.3 is 0 Å². The third-order valence-electron chi connectivity index (χ3n) is 5.81. The van der Waals surface area contributed by atoms with Gasteiger partial charge in [0.1, 0.15) is 22.8 Å². The van der Waals surface area contributed by atoms with Crippen molar-refractivity contribution in [3.63, 3.8) is 0 Å². The second-order valence-corrected chi connectivity index (χ2v) is 7.97. The number of fused-ring (bicyclic) bond motifs is 3. The Hall–Kier alpha value is -3.55. The largest absolute Gasteiger partial charge is 0.465 e. The lowest BCUT2D eigenvalue weighted by Crippen LogP contribution is -2.64. The zero-order chi connectivity index (χ0) is 22.2. The summed E-state index contributed by atoms with van der Waals surface area (Å²) in [5.74, 6) is 0.522. The summed E-state index contributed by atoms with van der Waals surface area (Å²) < 4.78 is 7.31. The summed E-state index contributed by atoms with van der Waals surface area (Å²) in [5.41, 5.74) is 0.367. The van der Waals surface area contributed by atoms with E-state index in [2.05, 4.69) is 10.6 Å². The molecule has 0 fully saturated rings. The number of carbonyl (C=O) groups excluding carboxylic acids is 3. The van der Waals surface area contributed by atoms with Crippen molar-refractivity contribution in [2.45, 2.75) is 39.4 Å². The van der Waals surface area contributed by atoms with Gasteiger partial charge in [-0.1, -0.05) is 18.2 Å². The van der Waals surface area contributed by atoms with Crippen molar-refractivity contribution in [2.24, 2.45) is 0 Å². The monoisotopic (exact) mass is 422 g/mol. The van der Waals surface area contributed by atoms with Crippen LogP contribution in [0, 0.1) is 6.92 Å². The molecule has 162 valence electrons. The number of aryl methyl sites for hydroxylation is 1. The summed E-state index contributed by atoms with van der Waals surface area (Å²) in [7, 11) is 0. The first-order valence-electron chi connectivity index (χ1n) is 10.3. The number of nitrogens with one attached hydrogen (secondary N) is 2. The predicted octanol–water partition coefficient (Wildman–Crippen LogP) is 2.21. The second kappa shape index (κ2) is 7.94.